The number of thioether (sulfide) groups is 1. The minimum absolute atomic E-state index is 0. The van der Waals surface area contributed by atoms with Crippen LogP contribution in [0.2, 0.25) is 0 Å². The van der Waals surface area contributed by atoms with Crippen LogP contribution in [0.15, 0.2) is 29.2 Å². The molecular weight excluding hydrogens is 290 g/mol. The van der Waals surface area contributed by atoms with E-state index in [2.05, 4.69) is 26.8 Å². The smallest absolute Gasteiger partial charge is 0.0781 e. The number of aliphatic hydroxyl groups is 1. The molecule has 1 rings (SSSR count). The van der Waals surface area contributed by atoms with Gasteiger partial charge in [-0.2, -0.15) is 0 Å². The Morgan fingerprint density at radius 1 is 1.05 bits per heavy atom. The molecule has 0 amide bonds. The van der Waals surface area contributed by atoms with Crippen LogP contribution in [0.3, 0.4) is 0 Å². The third-order valence-corrected chi connectivity index (χ3v) is 4.13. The second kappa shape index (κ2) is 7.17. The molecule has 2 atom stereocenters. The molecule has 0 aliphatic rings. The highest BCUT2D eigenvalue weighted by Gasteiger charge is 2.30. The monoisotopic (exact) mass is 317 g/mol. The van der Waals surface area contributed by atoms with Crippen molar-refractivity contribution in [2.75, 3.05) is 0 Å². The molecule has 4 heteroatoms. The summed E-state index contributed by atoms with van der Waals surface area (Å²) in [6, 6.07) is 7.75. The maximum atomic E-state index is 10.4. The van der Waals surface area contributed by atoms with E-state index < -0.39 is 6.10 Å². The van der Waals surface area contributed by atoms with Gasteiger partial charge in [0.1, 0.15) is 0 Å². The molecule has 1 aromatic rings. The minimum Gasteiger partial charge on any atom is -0.391 e. The van der Waals surface area contributed by atoms with Crippen molar-refractivity contribution in [3.8, 4) is 0 Å². The lowest BCUT2D eigenvalue weighted by Gasteiger charge is -2.32. The number of hydrogen-bond donors (Lipinski definition) is 2. The molecule has 0 spiro atoms. The van der Waals surface area contributed by atoms with Gasteiger partial charge < -0.3 is 10.8 Å². The lowest BCUT2D eigenvalue weighted by Crippen LogP contribution is -2.37. The van der Waals surface area contributed by atoms with Gasteiger partial charge in [-0.05, 0) is 17.0 Å². The molecule has 0 aromatic heterocycles. The molecule has 0 saturated heterocycles. The maximum absolute atomic E-state index is 10.4. The van der Waals surface area contributed by atoms with Gasteiger partial charge in [0.25, 0.3) is 0 Å². The largest absolute Gasteiger partial charge is 0.391 e. The number of nitrogens with two attached hydrogens (primary N) is 1. The van der Waals surface area contributed by atoms with Crippen molar-refractivity contribution in [3.05, 3.63) is 29.8 Å². The first-order valence-corrected chi connectivity index (χ1v) is 7.55. The summed E-state index contributed by atoms with van der Waals surface area (Å²) in [5.74, 6) is 0. The molecule has 0 heterocycles. The first-order valence-electron chi connectivity index (χ1n) is 6.74. The van der Waals surface area contributed by atoms with E-state index in [1.807, 2.05) is 39.0 Å². The average Bonchev–Trinajstić information content (AvgIpc) is 2.24. The molecule has 116 valence electrons. The molecule has 0 unspecified atom stereocenters. The molecule has 0 saturated carbocycles. The predicted molar refractivity (Wildman–Crippen MR) is 91.7 cm³/mol. The van der Waals surface area contributed by atoms with Crippen molar-refractivity contribution in [2.45, 2.75) is 63.3 Å². The summed E-state index contributed by atoms with van der Waals surface area (Å²) < 4.78 is 0.127. The Morgan fingerprint density at radius 2 is 1.55 bits per heavy atom. The Balaban J connectivity index is 0.00000361. The Morgan fingerprint density at radius 3 is 2.00 bits per heavy atom. The van der Waals surface area contributed by atoms with E-state index in [4.69, 9.17) is 5.73 Å². The fourth-order valence-electron chi connectivity index (χ4n) is 1.89. The summed E-state index contributed by atoms with van der Waals surface area (Å²) in [5, 5.41) is 10.4. The Labute approximate surface area is 133 Å². The van der Waals surface area contributed by atoms with Crippen LogP contribution >= 0.6 is 24.2 Å². The number of hydrogen-bond acceptors (Lipinski definition) is 3. The van der Waals surface area contributed by atoms with E-state index in [9.17, 15) is 5.11 Å². The van der Waals surface area contributed by atoms with Gasteiger partial charge in [-0.25, -0.2) is 0 Å². The SMILES string of the molecule is CC(C)(C)Sc1ccccc1[C@@H](N)[C@@H](O)C(C)(C)C.Cl. The zero-order valence-electron chi connectivity index (χ0n) is 13.3. The Hall–Kier alpha value is -0.220. The van der Waals surface area contributed by atoms with E-state index in [1.54, 1.807) is 11.8 Å². The number of aliphatic hydroxyl groups excluding tert-OH is 1. The maximum Gasteiger partial charge on any atom is 0.0781 e. The second-order valence-corrected chi connectivity index (χ2v) is 8.96. The average molecular weight is 318 g/mol. The minimum atomic E-state index is -0.561. The molecule has 0 fully saturated rings. The van der Waals surface area contributed by atoms with Gasteiger partial charge in [-0.1, -0.05) is 59.7 Å². The number of benzene rings is 1. The molecule has 1 aromatic carbocycles. The van der Waals surface area contributed by atoms with Crippen LogP contribution in [0.4, 0.5) is 0 Å². The van der Waals surface area contributed by atoms with Crippen molar-refractivity contribution in [2.24, 2.45) is 11.1 Å². The fraction of sp³-hybridized carbons (Fsp3) is 0.625. The first kappa shape index (κ1) is 19.8. The van der Waals surface area contributed by atoms with Gasteiger partial charge in [0.2, 0.25) is 0 Å². The zero-order valence-corrected chi connectivity index (χ0v) is 14.9. The summed E-state index contributed by atoms with van der Waals surface area (Å²) in [6.45, 7) is 12.6. The fourth-order valence-corrected chi connectivity index (χ4v) is 3.02. The standard InChI is InChI=1S/C16H27NOS.ClH/c1-15(2,3)14(18)13(17)11-9-7-8-10-12(11)19-16(4,5)6;/h7-10,13-14,18H,17H2,1-6H3;1H/t13-,14-;/m1./s1. The molecule has 3 N–H and O–H groups in total. The highest BCUT2D eigenvalue weighted by molar-refractivity contribution is 8.00. The molecular formula is C16H28ClNOS. The van der Waals surface area contributed by atoms with E-state index in [0.717, 1.165) is 10.5 Å². The number of halogens is 1. The molecule has 20 heavy (non-hydrogen) atoms. The van der Waals surface area contributed by atoms with Gasteiger partial charge in [0.15, 0.2) is 0 Å². The zero-order chi connectivity index (χ0) is 14.8. The Kier molecular flexibility index (Phi) is 7.09. The summed E-state index contributed by atoms with van der Waals surface area (Å²) >= 11 is 1.79. The normalized spacial score (nSPS) is 15.4. The van der Waals surface area contributed by atoms with Gasteiger partial charge >= 0.3 is 0 Å². The second-order valence-electron chi connectivity index (χ2n) is 7.09. The molecule has 0 radical (unpaired) electrons. The van der Waals surface area contributed by atoms with E-state index in [-0.39, 0.29) is 28.6 Å². The van der Waals surface area contributed by atoms with Crippen LogP contribution in [-0.2, 0) is 0 Å². The van der Waals surface area contributed by atoms with E-state index >= 15 is 0 Å². The van der Waals surface area contributed by atoms with Crippen LogP contribution in [-0.4, -0.2) is 16.0 Å². The highest BCUT2D eigenvalue weighted by Crippen LogP contribution is 2.38. The lowest BCUT2D eigenvalue weighted by atomic mass is 9.82. The van der Waals surface area contributed by atoms with E-state index in [1.165, 1.54) is 0 Å². The van der Waals surface area contributed by atoms with Crippen molar-refractivity contribution in [3.63, 3.8) is 0 Å². The van der Waals surface area contributed by atoms with Crippen LogP contribution in [0.1, 0.15) is 53.1 Å². The van der Waals surface area contributed by atoms with Gasteiger partial charge in [-0.3, -0.25) is 0 Å². The molecule has 0 aliphatic carbocycles. The quantitative estimate of drug-likeness (QED) is 0.812. The van der Waals surface area contributed by atoms with Crippen molar-refractivity contribution >= 4 is 24.2 Å². The van der Waals surface area contributed by atoms with Gasteiger partial charge in [0.05, 0.1) is 12.1 Å². The highest BCUT2D eigenvalue weighted by atomic mass is 35.5. The number of rotatable bonds is 3. The van der Waals surface area contributed by atoms with Crippen molar-refractivity contribution in [1.29, 1.82) is 0 Å². The van der Waals surface area contributed by atoms with Gasteiger partial charge in [0, 0.05) is 9.64 Å². The third-order valence-electron chi connectivity index (χ3n) is 2.92. The topological polar surface area (TPSA) is 46.2 Å². The van der Waals surface area contributed by atoms with Crippen LogP contribution in [0.25, 0.3) is 0 Å². The third kappa shape index (κ3) is 5.65. The Bertz CT molecular complexity index is 423. The van der Waals surface area contributed by atoms with Crippen LogP contribution in [0.5, 0.6) is 0 Å². The summed E-state index contributed by atoms with van der Waals surface area (Å²) in [7, 11) is 0. The molecule has 2 nitrogen and oxygen atoms in total. The van der Waals surface area contributed by atoms with Crippen molar-refractivity contribution in [1.82, 2.24) is 0 Å². The van der Waals surface area contributed by atoms with Crippen molar-refractivity contribution < 1.29 is 5.11 Å². The molecule has 0 bridgehead atoms. The van der Waals surface area contributed by atoms with Gasteiger partial charge in [-0.15, -0.1) is 24.2 Å². The summed E-state index contributed by atoms with van der Waals surface area (Å²) in [5.41, 5.74) is 7.09. The lowest BCUT2D eigenvalue weighted by molar-refractivity contribution is 0.0394. The summed E-state index contributed by atoms with van der Waals surface area (Å²) in [6.07, 6.45) is -0.561. The summed E-state index contributed by atoms with van der Waals surface area (Å²) in [4.78, 5) is 1.16. The van der Waals surface area contributed by atoms with Crippen LogP contribution in [0, 0.1) is 5.41 Å². The van der Waals surface area contributed by atoms with Crippen LogP contribution < -0.4 is 5.73 Å². The first-order chi connectivity index (χ1) is 8.52. The predicted octanol–water partition coefficient (Wildman–Crippen LogP) is 4.41. The van der Waals surface area contributed by atoms with E-state index in [0.29, 0.717) is 0 Å². The molecule has 0 aliphatic heterocycles.